The minimum atomic E-state index is 0.359. The molecule has 2 rings (SSSR count). The molecule has 4 heteroatoms. The van der Waals surface area contributed by atoms with E-state index in [0.29, 0.717) is 11.7 Å². The van der Waals surface area contributed by atoms with E-state index in [9.17, 15) is 0 Å². The van der Waals surface area contributed by atoms with Crippen molar-refractivity contribution >= 4 is 21.7 Å². The third-order valence-electron chi connectivity index (χ3n) is 3.29. The van der Waals surface area contributed by atoms with Crippen LogP contribution in [0.1, 0.15) is 38.4 Å². The van der Waals surface area contributed by atoms with Crippen LogP contribution in [0.2, 0.25) is 0 Å². The topological polar surface area (TPSA) is 51.8 Å². The second-order valence-electron chi connectivity index (χ2n) is 4.51. The van der Waals surface area contributed by atoms with Crippen LogP contribution in [0.4, 0.5) is 5.82 Å². The average Bonchev–Trinajstić information content (AvgIpc) is 2.44. The van der Waals surface area contributed by atoms with Gasteiger partial charge in [0.2, 0.25) is 0 Å². The minimum absolute atomic E-state index is 0.359. The highest BCUT2D eigenvalue weighted by Crippen LogP contribution is 2.32. The summed E-state index contributed by atoms with van der Waals surface area (Å²) in [4.78, 5) is 9.13. The summed E-state index contributed by atoms with van der Waals surface area (Å²) < 4.78 is 0.772. The van der Waals surface area contributed by atoms with E-state index in [1.54, 1.807) is 0 Å². The first kappa shape index (κ1) is 14.0. The number of rotatable bonds is 4. The quantitative estimate of drug-likeness (QED) is 0.909. The van der Waals surface area contributed by atoms with Gasteiger partial charge in [-0.3, -0.25) is 0 Å². The molecule has 1 heterocycles. The van der Waals surface area contributed by atoms with Crippen LogP contribution in [-0.4, -0.2) is 9.97 Å². The maximum absolute atomic E-state index is 6.01. The maximum Gasteiger partial charge on any atom is 0.142 e. The van der Waals surface area contributed by atoms with Gasteiger partial charge in [-0.1, -0.05) is 44.2 Å². The Morgan fingerprint density at radius 3 is 2.32 bits per heavy atom. The Morgan fingerprint density at radius 1 is 1.11 bits per heavy atom. The smallest absolute Gasteiger partial charge is 0.142 e. The zero-order valence-corrected chi connectivity index (χ0v) is 12.8. The molecule has 2 aromatic rings. The predicted octanol–water partition coefficient (Wildman–Crippen LogP) is 4.39. The molecule has 0 aliphatic heterocycles. The van der Waals surface area contributed by atoms with E-state index in [0.717, 1.165) is 34.4 Å². The van der Waals surface area contributed by atoms with E-state index in [1.807, 2.05) is 30.3 Å². The van der Waals surface area contributed by atoms with Crippen LogP contribution < -0.4 is 5.73 Å². The van der Waals surface area contributed by atoms with Crippen LogP contribution >= 0.6 is 15.9 Å². The van der Waals surface area contributed by atoms with Crippen LogP contribution in [0.3, 0.4) is 0 Å². The normalized spacial score (nSPS) is 10.9. The van der Waals surface area contributed by atoms with E-state index in [2.05, 4.69) is 34.8 Å². The average molecular weight is 320 g/mol. The van der Waals surface area contributed by atoms with Gasteiger partial charge in [-0.2, -0.15) is 0 Å². The molecule has 1 aromatic heterocycles. The molecule has 0 unspecified atom stereocenters. The van der Waals surface area contributed by atoms with Crippen LogP contribution in [0.15, 0.2) is 34.8 Å². The molecule has 2 N–H and O–H groups in total. The van der Waals surface area contributed by atoms with Crippen LogP contribution in [-0.2, 0) is 0 Å². The summed E-state index contributed by atoms with van der Waals surface area (Å²) in [6.07, 6.45) is 2.04. The Labute approximate surface area is 122 Å². The Hall–Kier alpha value is -1.42. The zero-order valence-electron chi connectivity index (χ0n) is 11.2. The number of aromatic nitrogens is 2. The molecule has 19 heavy (non-hydrogen) atoms. The van der Waals surface area contributed by atoms with Gasteiger partial charge >= 0.3 is 0 Å². The standard InChI is InChI=1S/C15H18BrN3/c1-3-10(4-2)15-18-13(12(16)14(17)19-15)11-8-6-5-7-9-11/h5-10H,3-4H2,1-2H3,(H2,17,18,19). The lowest BCUT2D eigenvalue weighted by atomic mass is 10.0. The van der Waals surface area contributed by atoms with Gasteiger partial charge in [-0.25, -0.2) is 9.97 Å². The molecule has 100 valence electrons. The summed E-state index contributed by atoms with van der Waals surface area (Å²) in [6, 6.07) is 10.0. The third kappa shape index (κ3) is 2.95. The van der Waals surface area contributed by atoms with Crippen LogP contribution in [0, 0.1) is 0 Å². The van der Waals surface area contributed by atoms with Crippen LogP contribution in [0.25, 0.3) is 11.3 Å². The van der Waals surface area contributed by atoms with Crippen molar-refractivity contribution in [3.8, 4) is 11.3 Å². The number of anilines is 1. The van der Waals surface area contributed by atoms with Gasteiger partial charge in [0.25, 0.3) is 0 Å². The number of halogens is 1. The predicted molar refractivity (Wildman–Crippen MR) is 82.9 cm³/mol. The molecule has 0 aliphatic carbocycles. The molecular weight excluding hydrogens is 302 g/mol. The molecule has 3 nitrogen and oxygen atoms in total. The highest BCUT2D eigenvalue weighted by Gasteiger charge is 2.16. The first-order valence-corrected chi connectivity index (χ1v) is 7.35. The zero-order chi connectivity index (χ0) is 13.8. The lowest BCUT2D eigenvalue weighted by Gasteiger charge is -2.14. The number of nitrogens with two attached hydrogens (primary N) is 1. The SMILES string of the molecule is CCC(CC)c1nc(N)c(Br)c(-c2ccccc2)n1. The summed E-state index contributed by atoms with van der Waals surface area (Å²) in [5.74, 6) is 1.71. The van der Waals surface area contributed by atoms with Crippen molar-refractivity contribution in [2.75, 3.05) is 5.73 Å². The summed E-state index contributed by atoms with van der Waals surface area (Å²) in [6.45, 7) is 4.30. The molecule has 0 amide bonds. The Balaban J connectivity index is 2.55. The molecule has 0 atom stereocenters. The lowest BCUT2D eigenvalue weighted by molar-refractivity contribution is 0.603. The number of nitrogen functional groups attached to an aromatic ring is 1. The molecule has 0 saturated carbocycles. The summed E-state index contributed by atoms with van der Waals surface area (Å²) in [5, 5.41) is 0. The van der Waals surface area contributed by atoms with Crippen molar-refractivity contribution in [2.24, 2.45) is 0 Å². The van der Waals surface area contributed by atoms with Crippen molar-refractivity contribution in [3.63, 3.8) is 0 Å². The molecule has 0 saturated heterocycles. The summed E-state index contributed by atoms with van der Waals surface area (Å²) >= 11 is 3.49. The Morgan fingerprint density at radius 2 is 1.74 bits per heavy atom. The molecular formula is C15H18BrN3. The van der Waals surface area contributed by atoms with E-state index in [-0.39, 0.29) is 0 Å². The second-order valence-corrected chi connectivity index (χ2v) is 5.30. The maximum atomic E-state index is 6.01. The van der Waals surface area contributed by atoms with Gasteiger partial charge in [-0.15, -0.1) is 0 Å². The monoisotopic (exact) mass is 319 g/mol. The van der Waals surface area contributed by atoms with Crippen LogP contribution in [0.5, 0.6) is 0 Å². The van der Waals surface area contributed by atoms with E-state index in [1.165, 1.54) is 0 Å². The number of benzene rings is 1. The van der Waals surface area contributed by atoms with Crippen molar-refractivity contribution in [1.82, 2.24) is 9.97 Å². The highest BCUT2D eigenvalue weighted by atomic mass is 79.9. The Kier molecular flexibility index (Phi) is 4.53. The first-order chi connectivity index (χ1) is 9.17. The van der Waals surface area contributed by atoms with Crippen molar-refractivity contribution in [1.29, 1.82) is 0 Å². The van der Waals surface area contributed by atoms with Crippen molar-refractivity contribution in [2.45, 2.75) is 32.6 Å². The molecule has 0 aliphatic rings. The first-order valence-electron chi connectivity index (χ1n) is 6.55. The van der Waals surface area contributed by atoms with Gasteiger partial charge in [0.1, 0.15) is 11.6 Å². The van der Waals surface area contributed by atoms with E-state index in [4.69, 9.17) is 10.7 Å². The minimum Gasteiger partial charge on any atom is -0.383 e. The van der Waals surface area contributed by atoms with Gasteiger partial charge in [0.15, 0.2) is 0 Å². The molecule has 1 aromatic carbocycles. The molecule has 0 fully saturated rings. The highest BCUT2D eigenvalue weighted by molar-refractivity contribution is 9.10. The number of nitrogens with zero attached hydrogens (tertiary/aromatic N) is 2. The molecule has 0 radical (unpaired) electrons. The fourth-order valence-corrected chi connectivity index (χ4v) is 2.51. The Bertz CT molecular complexity index is 551. The molecule has 0 spiro atoms. The van der Waals surface area contributed by atoms with Gasteiger partial charge < -0.3 is 5.73 Å². The van der Waals surface area contributed by atoms with Gasteiger partial charge in [0, 0.05) is 11.5 Å². The molecule has 0 bridgehead atoms. The third-order valence-corrected chi connectivity index (χ3v) is 4.07. The fourth-order valence-electron chi connectivity index (χ4n) is 2.11. The van der Waals surface area contributed by atoms with Gasteiger partial charge in [-0.05, 0) is 28.8 Å². The lowest BCUT2D eigenvalue weighted by Crippen LogP contribution is -2.07. The van der Waals surface area contributed by atoms with Gasteiger partial charge in [0.05, 0.1) is 10.2 Å². The second kappa shape index (κ2) is 6.15. The largest absolute Gasteiger partial charge is 0.383 e. The summed E-state index contributed by atoms with van der Waals surface area (Å²) in [5.41, 5.74) is 7.93. The number of hydrogen-bond donors (Lipinski definition) is 1. The van der Waals surface area contributed by atoms with E-state index >= 15 is 0 Å². The summed E-state index contributed by atoms with van der Waals surface area (Å²) in [7, 11) is 0. The van der Waals surface area contributed by atoms with Crippen molar-refractivity contribution < 1.29 is 0 Å². The van der Waals surface area contributed by atoms with Crippen molar-refractivity contribution in [3.05, 3.63) is 40.6 Å². The number of hydrogen-bond acceptors (Lipinski definition) is 3. The fraction of sp³-hybridized carbons (Fsp3) is 0.333. The van der Waals surface area contributed by atoms with E-state index < -0.39 is 0 Å².